The first-order valence-corrected chi connectivity index (χ1v) is 7.08. The Morgan fingerprint density at radius 3 is 2.38 bits per heavy atom. The second-order valence-corrected chi connectivity index (χ2v) is 5.67. The SMILES string of the molecule is Cn1c(C(F)(F)F)cc(=O)n(Cc2cc(Cl)cc(Cl)c2C#N)c1=O. The van der Waals surface area contributed by atoms with Gasteiger partial charge in [-0.15, -0.1) is 0 Å². The Morgan fingerprint density at radius 1 is 1.21 bits per heavy atom. The molecule has 0 bridgehead atoms. The molecule has 0 atom stereocenters. The first-order chi connectivity index (χ1) is 11.1. The van der Waals surface area contributed by atoms with Crippen LogP contribution in [0.15, 0.2) is 27.8 Å². The lowest BCUT2D eigenvalue weighted by atomic mass is 10.1. The molecule has 0 saturated carbocycles. The van der Waals surface area contributed by atoms with Crippen molar-refractivity contribution >= 4 is 23.2 Å². The van der Waals surface area contributed by atoms with Crippen LogP contribution in [0.25, 0.3) is 0 Å². The Morgan fingerprint density at radius 2 is 1.83 bits per heavy atom. The first kappa shape index (κ1) is 18.1. The summed E-state index contributed by atoms with van der Waals surface area (Å²) in [6.07, 6.45) is -4.84. The molecule has 0 unspecified atom stereocenters. The molecule has 10 heteroatoms. The lowest BCUT2D eigenvalue weighted by molar-refractivity contribution is -0.144. The van der Waals surface area contributed by atoms with Crippen LogP contribution >= 0.6 is 23.2 Å². The monoisotopic (exact) mass is 377 g/mol. The number of hydrogen-bond acceptors (Lipinski definition) is 3. The lowest BCUT2D eigenvalue weighted by Gasteiger charge is -2.14. The molecule has 0 aliphatic carbocycles. The van der Waals surface area contributed by atoms with Gasteiger partial charge in [0.05, 0.1) is 17.1 Å². The van der Waals surface area contributed by atoms with Gasteiger partial charge in [0, 0.05) is 18.1 Å². The minimum atomic E-state index is -4.84. The molecule has 1 aromatic heterocycles. The van der Waals surface area contributed by atoms with Crippen molar-refractivity contribution in [1.29, 1.82) is 5.26 Å². The van der Waals surface area contributed by atoms with Crippen LogP contribution in [0.3, 0.4) is 0 Å². The highest BCUT2D eigenvalue weighted by atomic mass is 35.5. The van der Waals surface area contributed by atoms with Crippen LogP contribution in [-0.4, -0.2) is 9.13 Å². The molecule has 5 nitrogen and oxygen atoms in total. The van der Waals surface area contributed by atoms with E-state index in [4.69, 9.17) is 28.5 Å². The van der Waals surface area contributed by atoms with Gasteiger partial charge in [-0.25, -0.2) is 4.79 Å². The normalized spacial score (nSPS) is 11.4. The summed E-state index contributed by atoms with van der Waals surface area (Å²) in [5.41, 5.74) is -3.55. The number of hydrogen-bond donors (Lipinski definition) is 0. The topological polar surface area (TPSA) is 67.8 Å². The van der Waals surface area contributed by atoms with Gasteiger partial charge in [0.2, 0.25) is 0 Å². The molecule has 1 aromatic carbocycles. The van der Waals surface area contributed by atoms with E-state index in [0.29, 0.717) is 15.2 Å². The second-order valence-electron chi connectivity index (χ2n) is 4.83. The van der Waals surface area contributed by atoms with Crippen molar-refractivity contribution in [2.75, 3.05) is 0 Å². The summed E-state index contributed by atoms with van der Waals surface area (Å²) in [4.78, 5) is 24.0. The summed E-state index contributed by atoms with van der Waals surface area (Å²) in [7, 11) is 0.900. The fourth-order valence-electron chi connectivity index (χ4n) is 2.13. The molecule has 2 aromatic rings. The van der Waals surface area contributed by atoms with Gasteiger partial charge in [-0.3, -0.25) is 13.9 Å². The molecular weight excluding hydrogens is 370 g/mol. The molecule has 2 rings (SSSR count). The van der Waals surface area contributed by atoms with Crippen molar-refractivity contribution in [2.24, 2.45) is 7.05 Å². The van der Waals surface area contributed by atoms with E-state index in [0.717, 1.165) is 7.05 Å². The van der Waals surface area contributed by atoms with Gasteiger partial charge >= 0.3 is 11.9 Å². The van der Waals surface area contributed by atoms with Crippen molar-refractivity contribution < 1.29 is 13.2 Å². The summed E-state index contributed by atoms with van der Waals surface area (Å²) >= 11 is 11.7. The van der Waals surface area contributed by atoms with Crippen molar-refractivity contribution in [3.63, 3.8) is 0 Å². The fourth-order valence-corrected chi connectivity index (χ4v) is 2.71. The third-order valence-electron chi connectivity index (χ3n) is 3.27. The molecule has 0 saturated heterocycles. The predicted molar refractivity (Wildman–Crippen MR) is 81.2 cm³/mol. The number of halogens is 5. The van der Waals surface area contributed by atoms with Crippen LogP contribution in [0.2, 0.25) is 10.0 Å². The van der Waals surface area contributed by atoms with E-state index >= 15 is 0 Å². The highest BCUT2D eigenvalue weighted by molar-refractivity contribution is 6.35. The fraction of sp³-hybridized carbons (Fsp3) is 0.214. The summed E-state index contributed by atoms with van der Waals surface area (Å²) in [5, 5.41) is 9.28. The van der Waals surface area contributed by atoms with Gasteiger partial charge in [0.25, 0.3) is 5.56 Å². The molecular formula is C14H8Cl2F3N3O2. The van der Waals surface area contributed by atoms with E-state index in [1.807, 2.05) is 0 Å². The van der Waals surface area contributed by atoms with Crippen molar-refractivity contribution in [2.45, 2.75) is 12.7 Å². The minimum absolute atomic E-state index is 0.0109. The average molecular weight is 378 g/mol. The van der Waals surface area contributed by atoms with Gasteiger partial charge < -0.3 is 0 Å². The van der Waals surface area contributed by atoms with Crippen LogP contribution in [0.5, 0.6) is 0 Å². The van der Waals surface area contributed by atoms with Gasteiger partial charge in [-0.1, -0.05) is 23.2 Å². The van der Waals surface area contributed by atoms with Crippen LogP contribution in [0.1, 0.15) is 16.8 Å². The summed E-state index contributed by atoms with van der Waals surface area (Å²) in [5.74, 6) is 0. The predicted octanol–water partition coefficient (Wildman–Crippen LogP) is 2.79. The van der Waals surface area contributed by atoms with E-state index in [9.17, 15) is 22.8 Å². The number of aromatic nitrogens is 2. The number of nitrogens with zero attached hydrogens (tertiary/aromatic N) is 3. The molecule has 0 radical (unpaired) electrons. The van der Waals surface area contributed by atoms with Gasteiger partial charge in [-0.05, 0) is 17.7 Å². The van der Waals surface area contributed by atoms with Crippen LogP contribution < -0.4 is 11.2 Å². The summed E-state index contributed by atoms with van der Waals surface area (Å²) in [6.45, 7) is -0.438. The average Bonchev–Trinajstić information content (AvgIpc) is 2.45. The first-order valence-electron chi connectivity index (χ1n) is 6.32. The Kier molecular flexibility index (Phi) is 4.78. The molecule has 126 valence electrons. The Bertz CT molecular complexity index is 971. The number of benzene rings is 1. The highest BCUT2D eigenvalue weighted by Crippen LogP contribution is 2.27. The maximum absolute atomic E-state index is 12.8. The Balaban J connectivity index is 2.66. The van der Waals surface area contributed by atoms with Crippen molar-refractivity contribution in [1.82, 2.24) is 9.13 Å². The zero-order valence-corrected chi connectivity index (χ0v) is 13.5. The summed E-state index contributed by atoms with van der Waals surface area (Å²) < 4.78 is 39.3. The molecule has 0 spiro atoms. The minimum Gasteiger partial charge on any atom is -0.292 e. The maximum Gasteiger partial charge on any atom is 0.431 e. The number of nitriles is 1. The van der Waals surface area contributed by atoms with Gasteiger partial charge in [-0.2, -0.15) is 18.4 Å². The quantitative estimate of drug-likeness (QED) is 0.807. The van der Waals surface area contributed by atoms with E-state index in [-0.39, 0.29) is 21.2 Å². The van der Waals surface area contributed by atoms with Gasteiger partial charge in [0.15, 0.2) is 0 Å². The van der Waals surface area contributed by atoms with Gasteiger partial charge in [0.1, 0.15) is 11.8 Å². The smallest absolute Gasteiger partial charge is 0.292 e. The standard InChI is InChI=1S/C14H8Cl2F3N3O2/c1-21-11(14(17,18)19)4-12(23)22(13(21)24)6-7-2-8(15)3-10(16)9(7)5-20/h2-4H,6H2,1H3. The second kappa shape index (κ2) is 6.34. The maximum atomic E-state index is 12.8. The van der Waals surface area contributed by atoms with Crippen LogP contribution in [-0.2, 0) is 19.8 Å². The van der Waals surface area contributed by atoms with Crippen LogP contribution in [0, 0.1) is 11.3 Å². The molecule has 0 N–H and O–H groups in total. The molecule has 24 heavy (non-hydrogen) atoms. The Labute approximate surface area is 143 Å². The Hall–Kier alpha value is -2.24. The number of rotatable bonds is 2. The molecule has 0 aliphatic heterocycles. The van der Waals surface area contributed by atoms with Crippen LogP contribution in [0.4, 0.5) is 13.2 Å². The number of alkyl halides is 3. The summed E-state index contributed by atoms with van der Waals surface area (Å²) in [6, 6.07) is 4.74. The third kappa shape index (κ3) is 3.32. The highest BCUT2D eigenvalue weighted by Gasteiger charge is 2.35. The largest absolute Gasteiger partial charge is 0.431 e. The zero-order valence-electron chi connectivity index (χ0n) is 12.0. The van der Waals surface area contributed by atoms with E-state index in [1.54, 1.807) is 6.07 Å². The van der Waals surface area contributed by atoms with E-state index in [1.165, 1.54) is 12.1 Å². The molecule has 0 aliphatic rings. The van der Waals surface area contributed by atoms with Crippen molar-refractivity contribution in [3.05, 3.63) is 65.9 Å². The van der Waals surface area contributed by atoms with E-state index < -0.39 is 29.7 Å². The molecule has 0 amide bonds. The zero-order chi connectivity index (χ0) is 18.2. The molecule has 0 fully saturated rings. The molecule has 1 heterocycles. The van der Waals surface area contributed by atoms with Crippen molar-refractivity contribution in [3.8, 4) is 6.07 Å². The lowest BCUT2D eigenvalue weighted by Crippen LogP contribution is -2.42. The van der Waals surface area contributed by atoms with E-state index in [2.05, 4.69) is 0 Å². The third-order valence-corrected chi connectivity index (χ3v) is 3.79.